The molecule has 1 aromatic heterocycles. The van der Waals surface area contributed by atoms with Crippen molar-refractivity contribution in [1.29, 1.82) is 0 Å². The third-order valence-corrected chi connectivity index (χ3v) is 5.53. The predicted molar refractivity (Wildman–Crippen MR) is 101 cm³/mol. The molecule has 8 heteroatoms. The summed E-state index contributed by atoms with van der Waals surface area (Å²) < 4.78 is 15.4. The minimum Gasteiger partial charge on any atom is -0.322 e. The number of rotatable bonds is 2. The Morgan fingerprint density at radius 2 is 1.85 bits per heavy atom. The summed E-state index contributed by atoms with van der Waals surface area (Å²) in [5, 5.41) is 8.94. The van der Waals surface area contributed by atoms with Gasteiger partial charge in [-0.05, 0) is 36.8 Å². The van der Waals surface area contributed by atoms with Gasteiger partial charge in [-0.3, -0.25) is 4.79 Å². The van der Waals surface area contributed by atoms with Gasteiger partial charge in [-0.2, -0.15) is 0 Å². The molecule has 0 unspecified atom stereocenters. The highest BCUT2D eigenvalue weighted by molar-refractivity contribution is 6.43. The van der Waals surface area contributed by atoms with E-state index < -0.39 is 6.04 Å². The fourth-order valence-corrected chi connectivity index (χ4v) is 3.75. The molecular formula is C19H15Cl2FN4O. The summed E-state index contributed by atoms with van der Waals surface area (Å²) in [6.45, 7) is 2.87. The first-order valence-electron chi connectivity index (χ1n) is 8.37. The third-order valence-electron chi connectivity index (χ3n) is 4.71. The van der Waals surface area contributed by atoms with Crippen LogP contribution in [0.25, 0.3) is 0 Å². The van der Waals surface area contributed by atoms with E-state index in [4.69, 9.17) is 23.2 Å². The number of aryl methyl sites for hydroxylation is 1. The number of aromatic nitrogens is 3. The summed E-state index contributed by atoms with van der Waals surface area (Å²) in [4.78, 5) is 15.0. The Morgan fingerprint density at radius 3 is 2.59 bits per heavy atom. The molecule has 138 valence electrons. The first-order chi connectivity index (χ1) is 13.0. The number of amides is 1. The van der Waals surface area contributed by atoms with Crippen molar-refractivity contribution in [2.75, 3.05) is 6.54 Å². The lowest BCUT2D eigenvalue weighted by Crippen LogP contribution is -2.43. The molecule has 5 nitrogen and oxygen atoms in total. The summed E-state index contributed by atoms with van der Waals surface area (Å²) in [5.41, 5.74) is 1.07. The second-order valence-corrected chi connectivity index (χ2v) is 7.10. The molecule has 0 N–H and O–H groups in total. The lowest BCUT2D eigenvalue weighted by Gasteiger charge is -2.36. The van der Waals surface area contributed by atoms with Gasteiger partial charge in [0.2, 0.25) is 0 Å². The summed E-state index contributed by atoms with van der Waals surface area (Å²) >= 11 is 12.3. The molecule has 4 rings (SSSR count). The maximum absolute atomic E-state index is 13.4. The van der Waals surface area contributed by atoms with Gasteiger partial charge in [0, 0.05) is 13.1 Å². The van der Waals surface area contributed by atoms with E-state index in [0.717, 1.165) is 11.4 Å². The van der Waals surface area contributed by atoms with Crippen molar-refractivity contribution in [2.45, 2.75) is 19.5 Å². The molecule has 0 saturated heterocycles. The van der Waals surface area contributed by atoms with Gasteiger partial charge >= 0.3 is 0 Å². The van der Waals surface area contributed by atoms with Crippen molar-refractivity contribution in [2.24, 2.45) is 0 Å². The van der Waals surface area contributed by atoms with E-state index in [0.29, 0.717) is 29.5 Å². The molecule has 1 amide bonds. The van der Waals surface area contributed by atoms with E-state index in [9.17, 15) is 9.18 Å². The average molecular weight is 405 g/mol. The Hall–Kier alpha value is -2.44. The van der Waals surface area contributed by atoms with Crippen LogP contribution in [0.2, 0.25) is 10.0 Å². The molecule has 0 aliphatic carbocycles. The van der Waals surface area contributed by atoms with Gasteiger partial charge in [-0.1, -0.05) is 41.4 Å². The van der Waals surface area contributed by atoms with Crippen molar-refractivity contribution in [3.05, 3.63) is 81.1 Å². The molecule has 1 aliphatic rings. The van der Waals surface area contributed by atoms with Crippen molar-refractivity contribution in [3.8, 4) is 0 Å². The molecule has 0 fully saturated rings. The molecule has 0 spiro atoms. The van der Waals surface area contributed by atoms with Gasteiger partial charge in [0.05, 0.1) is 15.6 Å². The first-order valence-corrected chi connectivity index (χ1v) is 9.13. The number of carbonyl (C=O) groups excluding carboxylic acids is 1. The van der Waals surface area contributed by atoms with E-state index in [-0.39, 0.29) is 16.7 Å². The number of nitrogens with zero attached hydrogens (tertiary/aromatic N) is 4. The molecule has 0 radical (unpaired) electrons. The number of halogens is 3. The van der Waals surface area contributed by atoms with Gasteiger partial charge in [0.1, 0.15) is 17.7 Å². The summed E-state index contributed by atoms with van der Waals surface area (Å²) in [5.74, 6) is 0.800. The predicted octanol–water partition coefficient (Wildman–Crippen LogP) is 4.28. The van der Waals surface area contributed by atoms with Crippen molar-refractivity contribution < 1.29 is 9.18 Å². The maximum atomic E-state index is 13.4. The smallest absolute Gasteiger partial charge is 0.256 e. The van der Waals surface area contributed by atoms with Crippen LogP contribution in [0.15, 0.2) is 42.5 Å². The lowest BCUT2D eigenvalue weighted by atomic mass is 10.0. The number of hydrogen-bond acceptors (Lipinski definition) is 3. The second kappa shape index (κ2) is 6.94. The molecule has 3 aromatic rings. The maximum Gasteiger partial charge on any atom is 0.256 e. The average Bonchev–Trinajstić information content (AvgIpc) is 3.05. The Balaban J connectivity index is 1.82. The number of fused-ring (bicyclic) bond motifs is 1. The zero-order chi connectivity index (χ0) is 19.1. The van der Waals surface area contributed by atoms with E-state index in [1.165, 1.54) is 12.1 Å². The fraction of sp³-hybridized carbons (Fsp3) is 0.211. The molecule has 27 heavy (non-hydrogen) atoms. The SMILES string of the molecule is Cc1nnc2n1CCN(C(=O)c1cccc(Cl)c1Cl)[C@H]2c1ccc(F)cc1. The van der Waals surface area contributed by atoms with Crippen LogP contribution in [0.5, 0.6) is 0 Å². The highest BCUT2D eigenvalue weighted by Crippen LogP contribution is 2.34. The van der Waals surface area contributed by atoms with Crippen LogP contribution in [0.1, 0.15) is 33.6 Å². The van der Waals surface area contributed by atoms with Crippen LogP contribution < -0.4 is 0 Å². The first kappa shape index (κ1) is 17.9. The number of benzene rings is 2. The zero-order valence-electron chi connectivity index (χ0n) is 14.4. The second-order valence-electron chi connectivity index (χ2n) is 6.31. The molecule has 0 saturated carbocycles. The minimum absolute atomic E-state index is 0.213. The van der Waals surface area contributed by atoms with Crippen LogP contribution >= 0.6 is 23.2 Å². The Labute approximate surface area is 165 Å². The fourth-order valence-electron chi connectivity index (χ4n) is 3.37. The highest BCUT2D eigenvalue weighted by atomic mass is 35.5. The summed E-state index contributed by atoms with van der Waals surface area (Å²) in [6, 6.07) is 10.5. The van der Waals surface area contributed by atoms with Crippen molar-refractivity contribution >= 4 is 29.1 Å². The Morgan fingerprint density at radius 1 is 1.11 bits per heavy atom. The van der Waals surface area contributed by atoms with Crippen molar-refractivity contribution in [3.63, 3.8) is 0 Å². The molecule has 1 aliphatic heterocycles. The summed E-state index contributed by atoms with van der Waals surface area (Å²) in [6.07, 6.45) is 0. The Kier molecular flexibility index (Phi) is 4.61. The monoisotopic (exact) mass is 404 g/mol. The Bertz CT molecular complexity index is 1020. The van der Waals surface area contributed by atoms with Crippen LogP contribution in [-0.2, 0) is 6.54 Å². The zero-order valence-corrected chi connectivity index (χ0v) is 15.9. The van der Waals surface area contributed by atoms with Gasteiger partial charge in [0.15, 0.2) is 5.82 Å². The largest absolute Gasteiger partial charge is 0.322 e. The molecule has 1 atom stereocenters. The number of hydrogen-bond donors (Lipinski definition) is 0. The normalized spacial score (nSPS) is 16.3. The highest BCUT2D eigenvalue weighted by Gasteiger charge is 2.36. The van der Waals surface area contributed by atoms with Gasteiger partial charge in [-0.25, -0.2) is 4.39 Å². The molecule has 2 aromatic carbocycles. The van der Waals surface area contributed by atoms with Gasteiger partial charge < -0.3 is 9.47 Å². The molecular weight excluding hydrogens is 390 g/mol. The van der Waals surface area contributed by atoms with Gasteiger partial charge in [-0.15, -0.1) is 10.2 Å². The summed E-state index contributed by atoms with van der Waals surface area (Å²) in [7, 11) is 0. The van der Waals surface area contributed by atoms with Crippen molar-refractivity contribution in [1.82, 2.24) is 19.7 Å². The van der Waals surface area contributed by atoms with Crippen LogP contribution in [0.3, 0.4) is 0 Å². The van der Waals surface area contributed by atoms with E-state index in [1.54, 1.807) is 35.2 Å². The van der Waals surface area contributed by atoms with E-state index in [1.807, 2.05) is 11.5 Å². The number of carbonyl (C=O) groups is 1. The standard InChI is InChI=1S/C19H15Cl2FN4O/c1-11-23-24-18-17(12-5-7-13(22)8-6-12)26(10-9-25(11)18)19(27)14-3-2-4-15(20)16(14)21/h2-8,17H,9-10H2,1H3/t17-/m0/s1. The van der Waals surface area contributed by atoms with E-state index >= 15 is 0 Å². The van der Waals surface area contributed by atoms with Crippen LogP contribution in [0.4, 0.5) is 4.39 Å². The minimum atomic E-state index is -0.497. The van der Waals surface area contributed by atoms with E-state index in [2.05, 4.69) is 10.2 Å². The third kappa shape index (κ3) is 3.09. The lowest BCUT2D eigenvalue weighted by molar-refractivity contribution is 0.0657. The molecule has 2 heterocycles. The molecule has 0 bridgehead atoms. The van der Waals surface area contributed by atoms with Gasteiger partial charge in [0.25, 0.3) is 5.91 Å². The topological polar surface area (TPSA) is 51.0 Å². The van der Waals surface area contributed by atoms with Crippen LogP contribution in [0, 0.1) is 12.7 Å². The van der Waals surface area contributed by atoms with Crippen LogP contribution in [-0.4, -0.2) is 32.1 Å². The quantitative estimate of drug-likeness (QED) is 0.640.